The lowest BCUT2D eigenvalue weighted by atomic mass is 9.91. The molecular formula is C16H20O. The summed E-state index contributed by atoms with van der Waals surface area (Å²) in [6.07, 6.45) is 0. The molecule has 0 radical (unpaired) electrons. The van der Waals surface area contributed by atoms with Crippen molar-refractivity contribution in [1.82, 2.24) is 0 Å². The zero-order valence-corrected chi connectivity index (χ0v) is 11.0. The fourth-order valence-corrected chi connectivity index (χ4v) is 2.19. The lowest BCUT2D eigenvalue weighted by Gasteiger charge is -2.19. The molecule has 0 bridgehead atoms. The van der Waals surface area contributed by atoms with Crippen LogP contribution in [0.4, 0.5) is 0 Å². The molecule has 0 aliphatic heterocycles. The Morgan fingerprint density at radius 2 is 1.76 bits per heavy atom. The van der Waals surface area contributed by atoms with Gasteiger partial charge in [-0.1, -0.05) is 44.2 Å². The van der Waals surface area contributed by atoms with Crippen molar-refractivity contribution in [3.63, 3.8) is 0 Å². The van der Waals surface area contributed by atoms with Gasteiger partial charge in [-0.25, -0.2) is 0 Å². The summed E-state index contributed by atoms with van der Waals surface area (Å²) in [6.45, 7) is 8.05. The molecule has 0 fully saturated rings. The maximum absolute atomic E-state index is 10.0. The first-order chi connectivity index (χ1) is 7.89. The average Bonchev–Trinajstić information content (AvgIpc) is 2.26. The minimum absolute atomic E-state index is 0.520. The zero-order valence-electron chi connectivity index (χ0n) is 11.0. The monoisotopic (exact) mass is 228 g/mol. The van der Waals surface area contributed by atoms with E-state index in [2.05, 4.69) is 44.2 Å². The fraction of sp³-hybridized carbons (Fsp3) is 0.375. The van der Waals surface area contributed by atoms with Gasteiger partial charge in [-0.15, -0.1) is 0 Å². The van der Waals surface area contributed by atoms with Crippen molar-refractivity contribution in [3.8, 4) is 0 Å². The molecule has 0 heterocycles. The van der Waals surface area contributed by atoms with Crippen molar-refractivity contribution in [2.24, 2.45) is 0 Å². The van der Waals surface area contributed by atoms with Gasteiger partial charge < -0.3 is 5.11 Å². The highest BCUT2D eigenvalue weighted by atomic mass is 16.3. The van der Waals surface area contributed by atoms with Crippen LogP contribution in [0.3, 0.4) is 0 Å². The van der Waals surface area contributed by atoms with E-state index >= 15 is 0 Å². The topological polar surface area (TPSA) is 20.2 Å². The van der Waals surface area contributed by atoms with Crippen LogP contribution in [-0.2, 0) is 5.60 Å². The van der Waals surface area contributed by atoms with Gasteiger partial charge in [0, 0.05) is 0 Å². The molecule has 2 aromatic rings. The third-order valence-electron chi connectivity index (χ3n) is 3.24. The standard InChI is InChI=1S/C16H20O/c1-11(2)14-7-5-6-12-10-13(16(3,4)17)8-9-15(12)14/h5-11,17H,1-4H3. The summed E-state index contributed by atoms with van der Waals surface area (Å²) < 4.78 is 0. The minimum atomic E-state index is -0.776. The number of fused-ring (bicyclic) bond motifs is 1. The van der Waals surface area contributed by atoms with E-state index in [1.807, 2.05) is 19.9 Å². The van der Waals surface area contributed by atoms with Crippen LogP contribution in [0.2, 0.25) is 0 Å². The smallest absolute Gasteiger partial charge is 0.0840 e. The first kappa shape index (κ1) is 12.1. The molecular weight excluding hydrogens is 208 g/mol. The zero-order chi connectivity index (χ0) is 12.6. The second kappa shape index (κ2) is 4.15. The first-order valence-corrected chi connectivity index (χ1v) is 6.15. The molecule has 0 saturated carbocycles. The van der Waals surface area contributed by atoms with Gasteiger partial charge in [-0.3, -0.25) is 0 Å². The van der Waals surface area contributed by atoms with Gasteiger partial charge in [0.25, 0.3) is 0 Å². The molecule has 0 saturated heterocycles. The lowest BCUT2D eigenvalue weighted by molar-refractivity contribution is 0.0787. The van der Waals surface area contributed by atoms with Crippen molar-refractivity contribution in [1.29, 1.82) is 0 Å². The van der Waals surface area contributed by atoms with E-state index in [0.29, 0.717) is 5.92 Å². The predicted molar refractivity (Wildman–Crippen MR) is 73.3 cm³/mol. The second-order valence-electron chi connectivity index (χ2n) is 5.50. The molecule has 2 aromatic carbocycles. The highest BCUT2D eigenvalue weighted by Crippen LogP contribution is 2.29. The number of hydrogen-bond donors (Lipinski definition) is 1. The van der Waals surface area contributed by atoms with Crippen molar-refractivity contribution in [2.75, 3.05) is 0 Å². The van der Waals surface area contributed by atoms with Gasteiger partial charge >= 0.3 is 0 Å². The van der Waals surface area contributed by atoms with Crippen LogP contribution in [-0.4, -0.2) is 5.11 Å². The number of aliphatic hydroxyl groups is 1. The summed E-state index contributed by atoms with van der Waals surface area (Å²) >= 11 is 0. The SMILES string of the molecule is CC(C)c1cccc2cc(C(C)(C)O)ccc12. The lowest BCUT2D eigenvalue weighted by Crippen LogP contribution is -2.15. The molecule has 1 nitrogen and oxygen atoms in total. The van der Waals surface area contributed by atoms with Gasteiger partial charge in [-0.2, -0.15) is 0 Å². The Morgan fingerprint density at radius 1 is 1.06 bits per heavy atom. The number of benzene rings is 2. The van der Waals surface area contributed by atoms with Crippen LogP contribution in [0.1, 0.15) is 44.7 Å². The van der Waals surface area contributed by atoms with Gasteiger partial charge in [-0.05, 0) is 47.7 Å². The van der Waals surface area contributed by atoms with E-state index in [9.17, 15) is 5.11 Å². The third kappa shape index (κ3) is 2.34. The minimum Gasteiger partial charge on any atom is -0.386 e. The highest BCUT2D eigenvalue weighted by molar-refractivity contribution is 5.87. The Bertz CT molecular complexity index is 533. The fourth-order valence-electron chi connectivity index (χ4n) is 2.19. The molecule has 1 N–H and O–H groups in total. The van der Waals surface area contributed by atoms with Gasteiger partial charge in [0.15, 0.2) is 0 Å². The first-order valence-electron chi connectivity index (χ1n) is 6.15. The maximum Gasteiger partial charge on any atom is 0.0840 e. The molecule has 1 heteroatoms. The summed E-state index contributed by atoms with van der Waals surface area (Å²) in [5, 5.41) is 12.5. The molecule has 0 unspecified atom stereocenters. The Kier molecular flexibility index (Phi) is 2.96. The second-order valence-corrected chi connectivity index (χ2v) is 5.50. The van der Waals surface area contributed by atoms with Crippen LogP contribution in [0.25, 0.3) is 10.8 Å². The number of rotatable bonds is 2. The molecule has 0 aliphatic carbocycles. The van der Waals surface area contributed by atoms with Crippen LogP contribution in [0.15, 0.2) is 36.4 Å². The molecule has 0 spiro atoms. The molecule has 2 rings (SSSR count). The molecule has 0 amide bonds. The summed E-state index contributed by atoms with van der Waals surface area (Å²) in [7, 11) is 0. The van der Waals surface area contributed by atoms with E-state index in [-0.39, 0.29) is 0 Å². The highest BCUT2D eigenvalue weighted by Gasteiger charge is 2.16. The Labute approximate surface area is 103 Å². The Hall–Kier alpha value is -1.34. The molecule has 0 aromatic heterocycles. The summed E-state index contributed by atoms with van der Waals surface area (Å²) in [5.74, 6) is 0.520. The van der Waals surface area contributed by atoms with Crippen molar-refractivity contribution < 1.29 is 5.11 Å². The van der Waals surface area contributed by atoms with Crippen LogP contribution < -0.4 is 0 Å². The molecule has 0 atom stereocenters. The largest absolute Gasteiger partial charge is 0.386 e. The third-order valence-corrected chi connectivity index (χ3v) is 3.24. The summed E-state index contributed by atoms with van der Waals surface area (Å²) in [5.41, 5.74) is 1.55. The van der Waals surface area contributed by atoms with Gasteiger partial charge in [0.1, 0.15) is 0 Å². The van der Waals surface area contributed by atoms with E-state index in [1.165, 1.54) is 16.3 Å². The van der Waals surface area contributed by atoms with Gasteiger partial charge in [0.05, 0.1) is 5.60 Å². The van der Waals surface area contributed by atoms with Crippen molar-refractivity contribution >= 4 is 10.8 Å². The van der Waals surface area contributed by atoms with E-state index in [4.69, 9.17) is 0 Å². The van der Waals surface area contributed by atoms with Crippen LogP contribution >= 0.6 is 0 Å². The van der Waals surface area contributed by atoms with Crippen molar-refractivity contribution in [3.05, 3.63) is 47.5 Å². The molecule has 17 heavy (non-hydrogen) atoms. The van der Waals surface area contributed by atoms with Crippen LogP contribution in [0, 0.1) is 0 Å². The van der Waals surface area contributed by atoms with E-state index in [1.54, 1.807) is 0 Å². The van der Waals surface area contributed by atoms with E-state index < -0.39 is 5.60 Å². The maximum atomic E-state index is 10.0. The summed E-state index contributed by atoms with van der Waals surface area (Å²) in [6, 6.07) is 12.6. The Balaban J connectivity index is 2.65. The molecule has 0 aliphatic rings. The predicted octanol–water partition coefficient (Wildman–Crippen LogP) is 4.19. The average molecular weight is 228 g/mol. The molecule has 90 valence electrons. The quantitative estimate of drug-likeness (QED) is 0.817. The normalized spacial score (nSPS) is 12.4. The van der Waals surface area contributed by atoms with E-state index in [0.717, 1.165) is 5.56 Å². The summed E-state index contributed by atoms with van der Waals surface area (Å²) in [4.78, 5) is 0. The van der Waals surface area contributed by atoms with Gasteiger partial charge in [0.2, 0.25) is 0 Å². The van der Waals surface area contributed by atoms with Crippen LogP contribution in [0.5, 0.6) is 0 Å². The Morgan fingerprint density at radius 3 is 2.35 bits per heavy atom. The number of hydrogen-bond acceptors (Lipinski definition) is 1. The van der Waals surface area contributed by atoms with Crippen molar-refractivity contribution in [2.45, 2.75) is 39.2 Å².